The summed E-state index contributed by atoms with van der Waals surface area (Å²) >= 11 is 1.77. The number of piperidine rings is 1. The lowest BCUT2D eigenvalue weighted by molar-refractivity contribution is 0.0679. The summed E-state index contributed by atoms with van der Waals surface area (Å²) in [6, 6.07) is 2.92. The van der Waals surface area contributed by atoms with Crippen LogP contribution in [0.2, 0.25) is 0 Å². The van der Waals surface area contributed by atoms with Gasteiger partial charge in [-0.2, -0.15) is 0 Å². The standard InChI is InChI=1S/C19H28N2OS/c22-19(18-13-15-5-2-1-3-7-17(15)23-18)21-11-8-14(9-12-21)16-6-4-10-20-16/h13-14,16,20H,1-12H2. The average Bonchev–Trinajstić information content (AvgIpc) is 3.21. The number of rotatable bonds is 2. The third-order valence-electron chi connectivity index (χ3n) is 5.95. The Morgan fingerprint density at radius 2 is 1.91 bits per heavy atom. The molecule has 2 saturated heterocycles. The van der Waals surface area contributed by atoms with Crippen molar-refractivity contribution in [2.45, 2.75) is 63.8 Å². The Kier molecular flexibility index (Phi) is 4.72. The van der Waals surface area contributed by atoms with Gasteiger partial charge < -0.3 is 10.2 Å². The van der Waals surface area contributed by atoms with Crippen molar-refractivity contribution in [3.05, 3.63) is 21.4 Å². The lowest BCUT2D eigenvalue weighted by Crippen LogP contribution is -2.43. The largest absolute Gasteiger partial charge is 0.338 e. The molecule has 1 aliphatic carbocycles. The van der Waals surface area contributed by atoms with Crippen molar-refractivity contribution in [2.75, 3.05) is 19.6 Å². The molecule has 1 unspecified atom stereocenters. The Hall–Kier alpha value is -0.870. The second-order valence-corrected chi connectivity index (χ2v) is 8.59. The highest BCUT2D eigenvalue weighted by Gasteiger charge is 2.30. The fourth-order valence-electron chi connectivity index (χ4n) is 4.55. The van der Waals surface area contributed by atoms with Crippen LogP contribution < -0.4 is 5.32 Å². The molecule has 3 heterocycles. The SMILES string of the molecule is O=C(c1cc2c(s1)CCCCC2)N1CCC(C2CCCN2)CC1. The van der Waals surface area contributed by atoms with Gasteiger partial charge in [0.1, 0.15) is 0 Å². The third kappa shape index (κ3) is 3.34. The number of hydrogen-bond acceptors (Lipinski definition) is 3. The summed E-state index contributed by atoms with van der Waals surface area (Å²) in [6.45, 7) is 3.08. The van der Waals surface area contributed by atoms with Gasteiger partial charge in [-0.3, -0.25) is 4.79 Å². The van der Waals surface area contributed by atoms with Crippen LogP contribution in [-0.4, -0.2) is 36.5 Å². The predicted molar refractivity (Wildman–Crippen MR) is 95.2 cm³/mol. The molecule has 2 fully saturated rings. The van der Waals surface area contributed by atoms with Gasteiger partial charge in [0.25, 0.3) is 5.91 Å². The van der Waals surface area contributed by atoms with E-state index in [1.54, 1.807) is 11.3 Å². The van der Waals surface area contributed by atoms with Gasteiger partial charge in [-0.15, -0.1) is 11.3 Å². The maximum absolute atomic E-state index is 12.9. The van der Waals surface area contributed by atoms with Crippen LogP contribution in [0.4, 0.5) is 0 Å². The topological polar surface area (TPSA) is 32.3 Å². The second kappa shape index (κ2) is 6.94. The molecule has 4 rings (SSSR count). The number of fused-ring (bicyclic) bond motifs is 1. The first-order chi connectivity index (χ1) is 11.3. The Labute approximate surface area is 143 Å². The van der Waals surface area contributed by atoms with Crippen LogP contribution in [0.5, 0.6) is 0 Å². The molecule has 1 N–H and O–H groups in total. The molecule has 3 aliphatic rings. The summed E-state index contributed by atoms with van der Waals surface area (Å²) in [5.74, 6) is 1.07. The smallest absolute Gasteiger partial charge is 0.263 e. The number of likely N-dealkylation sites (tertiary alicyclic amines) is 1. The number of thiophene rings is 1. The summed E-state index contributed by atoms with van der Waals surface area (Å²) in [5, 5.41) is 3.64. The Morgan fingerprint density at radius 1 is 1.09 bits per heavy atom. The van der Waals surface area contributed by atoms with Crippen molar-refractivity contribution in [2.24, 2.45) is 5.92 Å². The van der Waals surface area contributed by atoms with E-state index in [-0.39, 0.29) is 0 Å². The van der Waals surface area contributed by atoms with Crippen molar-refractivity contribution < 1.29 is 4.79 Å². The second-order valence-electron chi connectivity index (χ2n) is 7.45. The van der Waals surface area contributed by atoms with Gasteiger partial charge in [-0.1, -0.05) is 6.42 Å². The van der Waals surface area contributed by atoms with Gasteiger partial charge in [0.15, 0.2) is 0 Å². The first-order valence-electron chi connectivity index (χ1n) is 9.45. The summed E-state index contributed by atoms with van der Waals surface area (Å²) in [6.07, 6.45) is 11.3. The van der Waals surface area contributed by atoms with Gasteiger partial charge >= 0.3 is 0 Å². The van der Waals surface area contributed by atoms with E-state index in [1.165, 1.54) is 74.8 Å². The molecule has 1 aromatic rings. The van der Waals surface area contributed by atoms with Crippen LogP contribution in [-0.2, 0) is 12.8 Å². The van der Waals surface area contributed by atoms with E-state index in [4.69, 9.17) is 0 Å². The van der Waals surface area contributed by atoms with Crippen LogP contribution in [0.1, 0.15) is 65.1 Å². The molecule has 0 bridgehead atoms. The van der Waals surface area contributed by atoms with Gasteiger partial charge in [-0.05, 0) is 75.5 Å². The van der Waals surface area contributed by atoms with E-state index in [0.717, 1.165) is 23.9 Å². The fraction of sp³-hybridized carbons (Fsp3) is 0.737. The van der Waals surface area contributed by atoms with E-state index in [0.29, 0.717) is 11.9 Å². The monoisotopic (exact) mass is 332 g/mol. The molecule has 126 valence electrons. The molecular formula is C19H28N2OS. The van der Waals surface area contributed by atoms with Gasteiger partial charge in [-0.25, -0.2) is 0 Å². The molecule has 0 aromatic carbocycles. The van der Waals surface area contributed by atoms with Crippen molar-refractivity contribution in [1.82, 2.24) is 10.2 Å². The minimum Gasteiger partial charge on any atom is -0.338 e. The third-order valence-corrected chi connectivity index (χ3v) is 7.18. The van der Waals surface area contributed by atoms with E-state index >= 15 is 0 Å². The molecule has 1 aromatic heterocycles. The van der Waals surface area contributed by atoms with E-state index in [9.17, 15) is 4.79 Å². The Morgan fingerprint density at radius 3 is 2.70 bits per heavy atom. The summed E-state index contributed by atoms with van der Waals surface area (Å²) in [4.78, 5) is 17.4. The van der Waals surface area contributed by atoms with Crippen molar-refractivity contribution >= 4 is 17.2 Å². The number of nitrogens with zero attached hydrogens (tertiary/aromatic N) is 1. The first kappa shape index (κ1) is 15.6. The Bertz CT molecular complexity index is 530. The molecule has 23 heavy (non-hydrogen) atoms. The van der Waals surface area contributed by atoms with E-state index in [1.807, 2.05) is 0 Å². The van der Waals surface area contributed by atoms with Crippen molar-refractivity contribution in [3.63, 3.8) is 0 Å². The highest BCUT2D eigenvalue weighted by Crippen LogP contribution is 2.31. The van der Waals surface area contributed by atoms with Crippen LogP contribution in [0.25, 0.3) is 0 Å². The highest BCUT2D eigenvalue weighted by atomic mass is 32.1. The van der Waals surface area contributed by atoms with Crippen molar-refractivity contribution in [1.29, 1.82) is 0 Å². The fourth-order valence-corrected chi connectivity index (χ4v) is 5.77. The van der Waals surface area contributed by atoms with E-state index < -0.39 is 0 Å². The highest BCUT2D eigenvalue weighted by molar-refractivity contribution is 7.14. The number of aryl methyl sites for hydroxylation is 2. The molecule has 0 saturated carbocycles. The van der Waals surface area contributed by atoms with E-state index in [2.05, 4.69) is 16.3 Å². The normalized spacial score (nSPS) is 26.1. The summed E-state index contributed by atoms with van der Waals surface area (Å²) in [7, 11) is 0. The summed E-state index contributed by atoms with van der Waals surface area (Å²) in [5.41, 5.74) is 1.46. The van der Waals surface area contributed by atoms with Crippen LogP contribution in [0.3, 0.4) is 0 Å². The molecule has 1 amide bonds. The Balaban J connectivity index is 1.38. The van der Waals surface area contributed by atoms with Crippen LogP contribution >= 0.6 is 11.3 Å². The zero-order chi connectivity index (χ0) is 15.6. The van der Waals surface area contributed by atoms with Gasteiger partial charge in [0.05, 0.1) is 4.88 Å². The van der Waals surface area contributed by atoms with Crippen LogP contribution in [0.15, 0.2) is 6.07 Å². The van der Waals surface area contributed by atoms with Crippen LogP contribution in [0, 0.1) is 5.92 Å². The molecule has 1 atom stereocenters. The first-order valence-corrected chi connectivity index (χ1v) is 10.3. The molecule has 0 spiro atoms. The quantitative estimate of drug-likeness (QED) is 0.839. The molecule has 0 radical (unpaired) electrons. The molecular weight excluding hydrogens is 304 g/mol. The lowest BCUT2D eigenvalue weighted by Gasteiger charge is -2.34. The molecule has 2 aliphatic heterocycles. The number of nitrogens with one attached hydrogen (secondary N) is 1. The summed E-state index contributed by atoms with van der Waals surface area (Å²) < 4.78 is 0. The number of carbonyl (C=O) groups excluding carboxylic acids is 1. The van der Waals surface area contributed by atoms with Gasteiger partial charge in [0, 0.05) is 24.0 Å². The van der Waals surface area contributed by atoms with Crippen molar-refractivity contribution in [3.8, 4) is 0 Å². The number of amides is 1. The van der Waals surface area contributed by atoms with Gasteiger partial charge in [0.2, 0.25) is 0 Å². The number of carbonyl (C=O) groups is 1. The molecule has 3 nitrogen and oxygen atoms in total. The maximum Gasteiger partial charge on any atom is 0.263 e. The zero-order valence-electron chi connectivity index (χ0n) is 14.0. The lowest BCUT2D eigenvalue weighted by atomic mass is 9.88. The predicted octanol–water partition coefficient (Wildman–Crippen LogP) is 3.62. The minimum atomic E-state index is 0.293. The number of hydrogen-bond donors (Lipinski definition) is 1. The minimum absolute atomic E-state index is 0.293. The zero-order valence-corrected chi connectivity index (χ0v) is 14.8. The molecule has 4 heteroatoms. The maximum atomic E-state index is 12.9. The average molecular weight is 333 g/mol.